The first-order valence-corrected chi connectivity index (χ1v) is 15.1. The molecule has 0 spiro atoms. The summed E-state index contributed by atoms with van der Waals surface area (Å²) in [6, 6.07) is 4.57. The molecule has 37 heavy (non-hydrogen) atoms. The maximum absolute atomic E-state index is 13.7. The number of amides is 2. The fraction of sp³-hybridized carbons (Fsp3) is 0.767. The summed E-state index contributed by atoms with van der Waals surface area (Å²) in [4.78, 5) is 38.0. The maximum atomic E-state index is 13.7. The van der Waals surface area contributed by atoms with Gasteiger partial charge in [-0.25, -0.2) is 0 Å². The van der Waals surface area contributed by atoms with Crippen LogP contribution in [-0.2, 0) is 4.79 Å². The fourth-order valence-electron chi connectivity index (χ4n) is 7.70. The van der Waals surface area contributed by atoms with Gasteiger partial charge in [-0.3, -0.25) is 19.5 Å². The van der Waals surface area contributed by atoms with Crippen LogP contribution in [0.4, 0.5) is 0 Å². The van der Waals surface area contributed by atoms with Crippen LogP contribution in [0.15, 0.2) is 24.5 Å². The molecule has 1 aromatic heterocycles. The largest absolute Gasteiger partial charge is 0.356 e. The van der Waals surface area contributed by atoms with Gasteiger partial charge in [-0.1, -0.05) is 12.8 Å². The predicted molar refractivity (Wildman–Crippen MR) is 146 cm³/mol. The van der Waals surface area contributed by atoms with Gasteiger partial charge in [0, 0.05) is 44.0 Å². The molecule has 5 rings (SSSR count). The number of piperidine rings is 3. The summed E-state index contributed by atoms with van der Waals surface area (Å²) in [5.74, 6) is 1.38. The van der Waals surface area contributed by atoms with Gasteiger partial charge in [0.1, 0.15) is 0 Å². The molecule has 5 heterocycles. The van der Waals surface area contributed by atoms with E-state index < -0.39 is 0 Å². The number of nitrogens with zero attached hydrogens (tertiary/aromatic N) is 4. The monoisotopic (exact) mass is 509 g/mol. The van der Waals surface area contributed by atoms with Crippen LogP contribution in [0.5, 0.6) is 0 Å². The predicted octanol–water partition coefficient (Wildman–Crippen LogP) is 3.95. The molecule has 0 bridgehead atoms. The summed E-state index contributed by atoms with van der Waals surface area (Å²) in [5, 5.41) is 3.16. The Morgan fingerprint density at radius 3 is 2.57 bits per heavy atom. The zero-order valence-electron chi connectivity index (χ0n) is 22.7. The topological polar surface area (TPSA) is 68.8 Å². The number of rotatable bonds is 9. The molecule has 0 saturated carbocycles. The Hall–Kier alpha value is -1.99. The second-order valence-corrected chi connectivity index (χ2v) is 11.9. The van der Waals surface area contributed by atoms with E-state index in [4.69, 9.17) is 0 Å². The van der Waals surface area contributed by atoms with Crippen molar-refractivity contribution in [3.05, 3.63) is 30.1 Å². The smallest absolute Gasteiger partial charge is 0.255 e. The third-order valence-electron chi connectivity index (χ3n) is 9.42. The molecule has 4 fully saturated rings. The van der Waals surface area contributed by atoms with Crippen LogP contribution in [0.1, 0.15) is 87.4 Å². The summed E-state index contributed by atoms with van der Waals surface area (Å²) in [7, 11) is 0. The highest BCUT2D eigenvalue weighted by Crippen LogP contribution is 2.43. The van der Waals surface area contributed by atoms with Crippen LogP contribution in [0.2, 0.25) is 0 Å². The van der Waals surface area contributed by atoms with Crippen molar-refractivity contribution < 1.29 is 9.59 Å². The van der Waals surface area contributed by atoms with Crippen LogP contribution in [0.3, 0.4) is 0 Å². The fourth-order valence-corrected chi connectivity index (χ4v) is 7.70. The van der Waals surface area contributed by atoms with Crippen molar-refractivity contribution in [2.24, 2.45) is 11.8 Å². The standard InChI is InChI=1S/C30H47N5O2/c36-28(32-16-9-19-33-17-3-1-2-4-18-33)14-5-13-27-26-12-8-21-34-20-7-11-25(29(26)34)23-35(27)30(37)24-10-6-15-31-22-24/h6,10,15,22,25-27,29H,1-5,7-9,11-14,16-21,23H2,(H,32,36)/t25-,26+,27+,29-/m0/s1. The van der Waals surface area contributed by atoms with E-state index in [-0.39, 0.29) is 17.9 Å². The Morgan fingerprint density at radius 2 is 1.78 bits per heavy atom. The quantitative estimate of drug-likeness (QED) is 0.511. The molecule has 204 valence electrons. The average molecular weight is 510 g/mol. The van der Waals surface area contributed by atoms with Gasteiger partial charge in [0.15, 0.2) is 0 Å². The van der Waals surface area contributed by atoms with Crippen molar-refractivity contribution in [2.45, 2.75) is 89.1 Å². The van der Waals surface area contributed by atoms with Gasteiger partial charge < -0.3 is 15.1 Å². The molecule has 0 radical (unpaired) electrons. The molecular weight excluding hydrogens is 462 g/mol. The second-order valence-electron chi connectivity index (χ2n) is 11.9. The van der Waals surface area contributed by atoms with Crippen molar-refractivity contribution in [1.29, 1.82) is 0 Å². The van der Waals surface area contributed by atoms with Crippen molar-refractivity contribution >= 4 is 11.8 Å². The number of carbonyl (C=O) groups excluding carboxylic acids is 2. The Balaban J connectivity index is 1.15. The van der Waals surface area contributed by atoms with Crippen LogP contribution in [0.25, 0.3) is 0 Å². The molecule has 4 atom stereocenters. The Morgan fingerprint density at radius 1 is 0.973 bits per heavy atom. The molecular formula is C30H47N5O2. The van der Waals surface area contributed by atoms with Crippen LogP contribution in [-0.4, -0.2) is 89.4 Å². The van der Waals surface area contributed by atoms with E-state index in [1.165, 1.54) is 77.5 Å². The zero-order valence-corrected chi connectivity index (χ0v) is 22.7. The number of hydrogen-bond acceptors (Lipinski definition) is 5. The second kappa shape index (κ2) is 13.2. The number of pyridine rings is 1. The van der Waals surface area contributed by atoms with Crippen LogP contribution < -0.4 is 5.32 Å². The molecule has 1 aromatic rings. The average Bonchev–Trinajstić information content (AvgIpc) is 3.21. The first-order chi connectivity index (χ1) is 18.2. The van der Waals surface area contributed by atoms with Gasteiger partial charge in [-0.05, 0) is 114 Å². The third-order valence-corrected chi connectivity index (χ3v) is 9.42. The van der Waals surface area contributed by atoms with Gasteiger partial charge in [0.2, 0.25) is 5.91 Å². The zero-order chi connectivity index (χ0) is 25.5. The van der Waals surface area contributed by atoms with Gasteiger partial charge in [-0.15, -0.1) is 0 Å². The Bertz CT molecular complexity index is 870. The number of hydrogen-bond donors (Lipinski definition) is 1. The van der Waals surface area contributed by atoms with Gasteiger partial charge in [-0.2, -0.15) is 0 Å². The molecule has 4 aliphatic rings. The molecule has 7 heteroatoms. The van der Waals surface area contributed by atoms with Crippen LogP contribution in [0, 0.1) is 11.8 Å². The SMILES string of the molecule is O=C(CCC[C@@H]1[C@H]2CCCN3CCC[C@@H](CN1C(=O)c1cccnc1)[C@@H]23)NCCCN1CCCCCC1. The van der Waals surface area contributed by atoms with Crippen molar-refractivity contribution in [2.75, 3.05) is 45.8 Å². The lowest BCUT2D eigenvalue weighted by Gasteiger charge is -2.57. The Labute approximate surface area is 223 Å². The van der Waals surface area contributed by atoms with E-state index in [2.05, 4.69) is 25.0 Å². The Kier molecular flexibility index (Phi) is 9.48. The maximum Gasteiger partial charge on any atom is 0.255 e. The molecule has 0 aliphatic carbocycles. The highest BCUT2D eigenvalue weighted by molar-refractivity contribution is 5.94. The number of nitrogens with one attached hydrogen (secondary N) is 1. The number of likely N-dealkylation sites (tertiary alicyclic amines) is 2. The molecule has 2 amide bonds. The van der Waals surface area contributed by atoms with E-state index in [1.54, 1.807) is 12.4 Å². The van der Waals surface area contributed by atoms with Gasteiger partial charge in [0.25, 0.3) is 5.91 Å². The van der Waals surface area contributed by atoms with E-state index in [0.29, 0.717) is 29.9 Å². The minimum atomic E-state index is 0.122. The van der Waals surface area contributed by atoms with E-state index in [9.17, 15) is 9.59 Å². The highest BCUT2D eigenvalue weighted by Gasteiger charge is 2.49. The molecule has 0 unspecified atom stereocenters. The lowest BCUT2D eigenvalue weighted by Crippen LogP contribution is -2.65. The molecule has 0 aromatic carbocycles. The molecule has 4 aliphatic heterocycles. The minimum absolute atomic E-state index is 0.122. The summed E-state index contributed by atoms with van der Waals surface area (Å²) in [6.07, 6.45) is 17.0. The minimum Gasteiger partial charge on any atom is -0.356 e. The van der Waals surface area contributed by atoms with Gasteiger partial charge >= 0.3 is 0 Å². The first-order valence-electron chi connectivity index (χ1n) is 15.1. The summed E-state index contributed by atoms with van der Waals surface area (Å²) < 4.78 is 0. The molecule has 7 nitrogen and oxygen atoms in total. The highest BCUT2D eigenvalue weighted by atomic mass is 16.2. The lowest BCUT2D eigenvalue weighted by atomic mass is 9.69. The third kappa shape index (κ3) is 6.72. The van der Waals surface area contributed by atoms with Crippen molar-refractivity contribution in [1.82, 2.24) is 25.0 Å². The normalized spacial score (nSPS) is 28.8. The van der Waals surface area contributed by atoms with Crippen molar-refractivity contribution in [3.63, 3.8) is 0 Å². The first kappa shape index (κ1) is 26.6. The van der Waals surface area contributed by atoms with Gasteiger partial charge in [0.05, 0.1) is 5.56 Å². The van der Waals surface area contributed by atoms with Crippen LogP contribution >= 0.6 is 0 Å². The lowest BCUT2D eigenvalue weighted by molar-refractivity contribution is -0.121. The summed E-state index contributed by atoms with van der Waals surface area (Å²) in [6.45, 7) is 7.55. The molecule has 1 N–H and O–H groups in total. The summed E-state index contributed by atoms with van der Waals surface area (Å²) in [5.41, 5.74) is 0.691. The van der Waals surface area contributed by atoms with Crippen molar-refractivity contribution in [3.8, 4) is 0 Å². The summed E-state index contributed by atoms with van der Waals surface area (Å²) >= 11 is 0. The van der Waals surface area contributed by atoms with E-state index in [0.717, 1.165) is 38.9 Å². The van der Waals surface area contributed by atoms with E-state index >= 15 is 0 Å². The number of carbonyl (C=O) groups is 2. The van der Waals surface area contributed by atoms with E-state index in [1.807, 2.05) is 12.1 Å². The number of aromatic nitrogens is 1. The molecule has 4 saturated heterocycles.